The standard InChI is InChI=1S/C23H26N6O3/c1-24-23(32)15-11-25-19(27-22(31)13-6-7-13)10-17(15)26-16-4-3-5-18-21(16)28(2)12-14-8-9-20(30)29(14)18/h3-5,10-11,13-14H,6-9,12H2,1-2H3,(H,24,32)(H2,25,26,27,31)/t14-/m1/s1/i1D3. The van der Waals surface area contributed by atoms with Crippen LogP contribution in [0.1, 0.15) is 40.2 Å². The lowest BCUT2D eigenvalue weighted by Gasteiger charge is -2.39. The summed E-state index contributed by atoms with van der Waals surface area (Å²) in [6.07, 6.45) is 4.20. The predicted molar refractivity (Wildman–Crippen MR) is 122 cm³/mol. The molecule has 0 spiro atoms. The molecule has 2 aromatic rings. The summed E-state index contributed by atoms with van der Waals surface area (Å²) in [4.78, 5) is 45.6. The number of rotatable bonds is 5. The van der Waals surface area contributed by atoms with Gasteiger partial charge in [-0.3, -0.25) is 14.4 Å². The summed E-state index contributed by atoms with van der Waals surface area (Å²) in [5.74, 6) is -0.671. The second kappa shape index (κ2) is 7.81. The average Bonchev–Trinajstić information content (AvgIpc) is 3.56. The van der Waals surface area contributed by atoms with E-state index in [-0.39, 0.29) is 40.8 Å². The van der Waals surface area contributed by atoms with Gasteiger partial charge in [0.1, 0.15) is 5.82 Å². The predicted octanol–water partition coefficient (Wildman–Crippen LogP) is 2.48. The number of nitrogens with zero attached hydrogens (tertiary/aromatic N) is 3. The van der Waals surface area contributed by atoms with Gasteiger partial charge in [0.15, 0.2) is 0 Å². The molecule has 0 bridgehead atoms. The van der Waals surface area contributed by atoms with Crippen LogP contribution in [-0.4, -0.2) is 49.3 Å². The van der Waals surface area contributed by atoms with Crippen molar-refractivity contribution in [3.05, 3.63) is 36.0 Å². The van der Waals surface area contributed by atoms with Crippen LogP contribution >= 0.6 is 0 Å². The molecule has 3 aliphatic rings. The average molecular weight is 438 g/mol. The smallest absolute Gasteiger partial charge is 0.254 e. The van der Waals surface area contributed by atoms with E-state index in [9.17, 15) is 14.4 Å². The van der Waals surface area contributed by atoms with E-state index in [4.69, 9.17) is 4.11 Å². The minimum Gasteiger partial charge on any atom is -0.369 e. The third kappa shape index (κ3) is 3.53. The zero-order valence-corrected chi connectivity index (χ0v) is 17.6. The molecular weight excluding hydrogens is 408 g/mol. The van der Waals surface area contributed by atoms with Crippen LogP contribution in [0.2, 0.25) is 0 Å². The maximum absolute atomic E-state index is 12.8. The SMILES string of the molecule is [2H]C([2H])([2H])NC(=O)c1cnc(NC(=O)C2CC2)cc1Nc1cccc2c1N(C)C[C@H]1CCC(=O)N21. The van der Waals surface area contributed by atoms with Gasteiger partial charge in [-0.1, -0.05) is 6.07 Å². The Bertz CT molecular complexity index is 1210. The molecule has 1 atom stereocenters. The van der Waals surface area contributed by atoms with Gasteiger partial charge in [0.2, 0.25) is 11.8 Å². The quantitative estimate of drug-likeness (QED) is 0.664. The van der Waals surface area contributed by atoms with E-state index in [1.807, 2.05) is 35.5 Å². The first-order valence-electron chi connectivity index (χ1n) is 12.2. The third-order valence-corrected chi connectivity index (χ3v) is 6.20. The van der Waals surface area contributed by atoms with Crippen molar-refractivity contribution < 1.29 is 18.5 Å². The number of hydrogen-bond donors (Lipinski definition) is 3. The van der Waals surface area contributed by atoms with Crippen LogP contribution in [0.15, 0.2) is 30.5 Å². The number of nitrogens with one attached hydrogen (secondary N) is 3. The van der Waals surface area contributed by atoms with E-state index in [0.717, 1.165) is 30.6 Å². The summed E-state index contributed by atoms with van der Waals surface area (Å²) in [5, 5.41) is 7.98. The number of hydrogen-bond acceptors (Lipinski definition) is 6. The minimum atomic E-state index is -2.68. The second-order valence-electron chi connectivity index (χ2n) is 8.47. The maximum atomic E-state index is 12.8. The normalized spacial score (nSPS) is 21.1. The number of fused-ring (bicyclic) bond motifs is 3. The van der Waals surface area contributed by atoms with Gasteiger partial charge < -0.3 is 25.8 Å². The summed E-state index contributed by atoms with van der Waals surface area (Å²) < 4.78 is 22.2. The largest absolute Gasteiger partial charge is 0.369 e. The Kier molecular flexibility index (Phi) is 4.15. The Morgan fingerprint density at radius 1 is 1.22 bits per heavy atom. The molecule has 1 aliphatic carbocycles. The summed E-state index contributed by atoms with van der Waals surface area (Å²) >= 11 is 0. The molecule has 32 heavy (non-hydrogen) atoms. The Morgan fingerprint density at radius 3 is 2.84 bits per heavy atom. The maximum Gasteiger partial charge on any atom is 0.254 e. The lowest BCUT2D eigenvalue weighted by atomic mass is 10.1. The van der Waals surface area contributed by atoms with Crippen LogP contribution < -0.4 is 25.8 Å². The lowest BCUT2D eigenvalue weighted by molar-refractivity contribution is -0.118. The Labute approximate surface area is 190 Å². The zero-order chi connectivity index (χ0) is 24.9. The molecule has 9 heteroatoms. The lowest BCUT2D eigenvalue weighted by Crippen LogP contribution is -2.46. The molecule has 1 aromatic carbocycles. The Balaban J connectivity index is 1.52. The molecule has 0 unspecified atom stereocenters. The molecule has 0 radical (unpaired) electrons. The van der Waals surface area contributed by atoms with Gasteiger partial charge in [-0.25, -0.2) is 4.98 Å². The number of benzene rings is 1. The molecular formula is C23H26N6O3. The summed E-state index contributed by atoms with van der Waals surface area (Å²) in [7, 11) is 1.94. The molecule has 2 aliphatic heterocycles. The fourth-order valence-electron chi connectivity index (χ4n) is 4.48. The number of amides is 3. The fourth-order valence-corrected chi connectivity index (χ4v) is 4.48. The van der Waals surface area contributed by atoms with Crippen molar-refractivity contribution in [1.82, 2.24) is 10.3 Å². The number of aromatic nitrogens is 1. The van der Waals surface area contributed by atoms with Gasteiger partial charge in [-0.15, -0.1) is 0 Å². The van der Waals surface area contributed by atoms with Crippen LogP contribution in [0, 0.1) is 5.92 Å². The molecule has 1 saturated heterocycles. The first kappa shape index (κ1) is 17.0. The Morgan fingerprint density at radius 2 is 2.06 bits per heavy atom. The fraction of sp³-hybridized carbons (Fsp3) is 0.391. The number of para-hydroxylation sites is 1. The molecule has 5 rings (SSSR count). The molecule has 3 amide bonds. The van der Waals surface area contributed by atoms with Crippen molar-refractivity contribution >= 4 is 46.3 Å². The van der Waals surface area contributed by atoms with E-state index >= 15 is 0 Å². The number of carbonyl (C=O) groups excluding carboxylic acids is 3. The highest BCUT2D eigenvalue weighted by Gasteiger charge is 2.39. The highest BCUT2D eigenvalue weighted by Crippen LogP contribution is 2.44. The van der Waals surface area contributed by atoms with E-state index in [2.05, 4.69) is 20.5 Å². The van der Waals surface area contributed by atoms with Crippen LogP contribution in [0.25, 0.3) is 0 Å². The van der Waals surface area contributed by atoms with Crippen LogP contribution in [0.3, 0.4) is 0 Å². The van der Waals surface area contributed by atoms with Gasteiger partial charge in [0, 0.05) is 49.3 Å². The van der Waals surface area contributed by atoms with Crippen LogP contribution in [0.4, 0.5) is 28.6 Å². The highest BCUT2D eigenvalue weighted by atomic mass is 16.2. The van der Waals surface area contributed by atoms with Gasteiger partial charge in [-0.2, -0.15) is 0 Å². The molecule has 2 fully saturated rings. The zero-order valence-electron chi connectivity index (χ0n) is 20.6. The van der Waals surface area contributed by atoms with Crippen molar-refractivity contribution in [2.24, 2.45) is 5.92 Å². The van der Waals surface area contributed by atoms with Crippen molar-refractivity contribution in [2.45, 2.75) is 31.7 Å². The van der Waals surface area contributed by atoms with E-state index < -0.39 is 12.9 Å². The van der Waals surface area contributed by atoms with E-state index in [1.54, 1.807) is 0 Å². The molecule has 9 nitrogen and oxygen atoms in total. The monoisotopic (exact) mass is 437 g/mol. The van der Waals surface area contributed by atoms with E-state index in [0.29, 0.717) is 18.7 Å². The highest BCUT2D eigenvalue weighted by molar-refractivity contribution is 6.05. The Hall–Kier alpha value is -3.62. The van der Waals surface area contributed by atoms with Crippen LogP contribution in [-0.2, 0) is 9.59 Å². The van der Waals surface area contributed by atoms with Gasteiger partial charge in [0.25, 0.3) is 5.91 Å². The first-order chi connectivity index (χ1) is 16.6. The van der Waals surface area contributed by atoms with Crippen LogP contribution in [0.5, 0.6) is 0 Å². The topological polar surface area (TPSA) is 107 Å². The summed E-state index contributed by atoms with van der Waals surface area (Å²) in [6.45, 7) is -2.01. The molecule has 1 saturated carbocycles. The summed E-state index contributed by atoms with van der Waals surface area (Å²) in [6, 6.07) is 7.16. The minimum absolute atomic E-state index is 0.0109. The molecule has 3 heterocycles. The molecule has 1 aromatic heterocycles. The molecule has 166 valence electrons. The van der Waals surface area contributed by atoms with Crippen molar-refractivity contribution in [1.29, 1.82) is 0 Å². The van der Waals surface area contributed by atoms with Gasteiger partial charge >= 0.3 is 0 Å². The number of anilines is 5. The number of carbonyl (C=O) groups is 3. The van der Waals surface area contributed by atoms with E-state index in [1.165, 1.54) is 12.3 Å². The third-order valence-electron chi connectivity index (χ3n) is 6.20. The molecule has 3 N–H and O–H groups in total. The number of pyridine rings is 1. The van der Waals surface area contributed by atoms with Crippen molar-refractivity contribution in [3.8, 4) is 0 Å². The van der Waals surface area contributed by atoms with Gasteiger partial charge in [-0.05, 0) is 31.4 Å². The first-order valence-corrected chi connectivity index (χ1v) is 10.7. The number of likely N-dealkylation sites (N-methyl/N-ethyl adjacent to an activating group) is 1. The second-order valence-corrected chi connectivity index (χ2v) is 8.47. The summed E-state index contributed by atoms with van der Waals surface area (Å²) in [5.41, 5.74) is 2.50. The van der Waals surface area contributed by atoms with Gasteiger partial charge in [0.05, 0.1) is 34.4 Å². The van der Waals surface area contributed by atoms with Crippen molar-refractivity contribution in [2.75, 3.05) is 41.0 Å². The van der Waals surface area contributed by atoms with Crippen molar-refractivity contribution in [3.63, 3.8) is 0 Å².